The number of rotatable bonds is 15. The third kappa shape index (κ3) is 7.43. The second-order valence-electron chi connectivity index (χ2n) is 7.69. The Kier molecular flexibility index (Phi) is 10.5. The predicted molar refractivity (Wildman–Crippen MR) is 131 cm³/mol. The highest BCUT2D eigenvalue weighted by Gasteiger charge is 2.26. The Labute approximate surface area is 209 Å². The number of aliphatic hydroxyl groups excluding tert-OH is 2. The maximum Gasteiger partial charge on any atom is 0.188 e. The molecule has 0 aliphatic carbocycles. The molecular weight excluding hydrogens is 468 g/mol. The number of ether oxygens (including phenoxy) is 6. The van der Waals surface area contributed by atoms with Crippen LogP contribution >= 0.6 is 0 Å². The Hall–Kier alpha value is -3.63. The van der Waals surface area contributed by atoms with Crippen molar-refractivity contribution in [3.63, 3.8) is 0 Å². The summed E-state index contributed by atoms with van der Waals surface area (Å²) in [6, 6.07) is 19.2. The van der Waals surface area contributed by atoms with E-state index in [0.29, 0.717) is 34.7 Å². The lowest BCUT2D eigenvalue weighted by atomic mass is 10.0. The van der Waals surface area contributed by atoms with Crippen LogP contribution in [0.3, 0.4) is 0 Å². The summed E-state index contributed by atoms with van der Waals surface area (Å²) in [5.74, 6) is 1.33. The molecule has 0 radical (unpaired) electrons. The molecule has 0 aliphatic rings. The normalized spacial score (nSPS) is 12.4. The molecule has 2 N–H and O–H groups in total. The van der Waals surface area contributed by atoms with E-state index in [1.54, 1.807) is 36.4 Å². The average Bonchev–Trinajstić information content (AvgIpc) is 2.93. The number of aliphatic hydroxyl groups is 2. The number of aldehydes is 1. The Morgan fingerprint density at radius 2 is 1.47 bits per heavy atom. The van der Waals surface area contributed by atoms with Crippen molar-refractivity contribution in [1.82, 2.24) is 0 Å². The Balaban J connectivity index is 1.92. The molecule has 9 nitrogen and oxygen atoms in total. The van der Waals surface area contributed by atoms with Gasteiger partial charge in [0.1, 0.15) is 19.0 Å². The van der Waals surface area contributed by atoms with Crippen LogP contribution in [-0.2, 0) is 16.1 Å². The van der Waals surface area contributed by atoms with Gasteiger partial charge in [0.25, 0.3) is 0 Å². The van der Waals surface area contributed by atoms with E-state index >= 15 is 0 Å². The first kappa shape index (κ1) is 27.0. The van der Waals surface area contributed by atoms with Gasteiger partial charge in [-0.2, -0.15) is 0 Å². The van der Waals surface area contributed by atoms with E-state index in [0.717, 1.165) is 5.56 Å². The molecule has 0 bridgehead atoms. The second-order valence-corrected chi connectivity index (χ2v) is 7.69. The molecule has 0 saturated carbocycles. The number of hydrogen-bond donors (Lipinski definition) is 2. The molecule has 0 saturated heterocycles. The van der Waals surface area contributed by atoms with Crippen molar-refractivity contribution in [1.29, 1.82) is 0 Å². The van der Waals surface area contributed by atoms with Crippen molar-refractivity contribution in [2.75, 3.05) is 34.4 Å². The van der Waals surface area contributed by atoms with Gasteiger partial charge >= 0.3 is 0 Å². The summed E-state index contributed by atoms with van der Waals surface area (Å²) in [5.41, 5.74) is 1.83. The van der Waals surface area contributed by atoms with Crippen LogP contribution in [0.25, 0.3) is 0 Å². The Morgan fingerprint density at radius 3 is 2.14 bits per heavy atom. The van der Waals surface area contributed by atoms with Crippen molar-refractivity contribution < 1.29 is 43.4 Å². The highest BCUT2D eigenvalue weighted by Crippen LogP contribution is 2.37. The summed E-state index contributed by atoms with van der Waals surface area (Å²) in [7, 11) is 2.99. The minimum atomic E-state index is -1.28. The van der Waals surface area contributed by atoms with E-state index in [1.807, 2.05) is 30.3 Å². The van der Waals surface area contributed by atoms with E-state index in [9.17, 15) is 15.0 Å². The summed E-state index contributed by atoms with van der Waals surface area (Å²) in [4.78, 5) is 11.4. The van der Waals surface area contributed by atoms with E-state index in [1.165, 1.54) is 14.2 Å². The summed E-state index contributed by atoms with van der Waals surface area (Å²) < 4.78 is 33.2. The quantitative estimate of drug-likeness (QED) is 0.240. The number of carbonyl (C=O) groups is 1. The fourth-order valence-corrected chi connectivity index (χ4v) is 3.32. The molecule has 36 heavy (non-hydrogen) atoms. The van der Waals surface area contributed by atoms with E-state index < -0.39 is 18.8 Å². The van der Waals surface area contributed by atoms with Crippen LogP contribution in [0.4, 0.5) is 0 Å². The molecule has 2 atom stereocenters. The van der Waals surface area contributed by atoms with Crippen molar-refractivity contribution in [3.8, 4) is 23.0 Å². The third-order valence-corrected chi connectivity index (χ3v) is 5.09. The second kappa shape index (κ2) is 14.1. The molecule has 3 aromatic rings. The average molecular weight is 499 g/mol. The molecule has 0 unspecified atom stereocenters. The van der Waals surface area contributed by atoms with E-state index in [4.69, 9.17) is 28.4 Å². The van der Waals surface area contributed by atoms with Gasteiger partial charge in [0.15, 0.2) is 42.7 Å². The van der Waals surface area contributed by atoms with Gasteiger partial charge in [-0.25, -0.2) is 0 Å². The number of methoxy groups -OCH3 is 2. The molecule has 0 spiro atoms. The van der Waals surface area contributed by atoms with Gasteiger partial charge in [0.2, 0.25) is 0 Å². The minimum Gasteiger partial charge on any atom is -0.485 e. The van der Waals surface area contributed by atoms with Gasteiger partial charge < -0.3 is 38.6 Å². The summed E-state index contributed by atoms with van der Waals surface area (Å²) in [5, 5.41) is 20.4. The molecule has 0 aromatic heterocycles. The lowest BCUT2D eigenvalue weighted by Crippen LogP contribution is -2.27. The first-order valence-electron chi connectivity index (χ1n) is 11.2. The van der Waals surface area contributed by atoms with Crippen LogP contribution in [0.5, 0.6) is 23.0 Å². The molecule has 192 valence electrons. The summed E-state index contributed by atoms with van der Waals surface area (Å²) in [6.07, 6.45) is -1.58. The zero-order valence-electron chi connectivity index (χ0n) is 20.2. The molecule has 0 heterocycles. The molecule has 9 heteroatoms. The van der Waals surface area contributed by atoms with Crippen molar-refractivity contribution in [2.45, 2.75) is 18.8 Å². The van der Waals surface area contributed by atoms with Gasteiger partial charge in [0, 0.05) is 19.8 Å². The van der Waals surface area contributed by atoms with Gasteiger partial charge in [-0.3, -0.25) is 4.79 Å². The topological polar surface area (TPSA) is 113 Å². The first-order chi connectivity index (χ1) is 17.6. The number of hydrogen-bond acceptors (Lipinski definition) is 9. The standard InChI is InChI=1S/C27H30O9/c1-31-17-34-23-11-9-21(13-26(23)35-18-32-2)27(22(30)15-29)36-24-10-8-20(14-28)12-25(24)33-16-19-6-4-3-5-7-19/h3-14,22,27,29-30H,15-18H2,1-2H3/t22-,27+/m0/s1. The van der Waals surface area contributed by atoms with Gasteiger partial charge in [-0.15, -0.1) is 0 Å². The van der Waals surface area contributed by atoms with E-state index in [2.05, 4.69) is 0 Å². The predicted octanol–water partition coefficient (Wildman–Crippen LogP) is 3.52. The fraction of sp³-hybridized carbons (Fsp3) is 0.296. The lowest BCUT2D eigenvalue weighted by Gasteiger charge is -2.25. The Bertz CT molecular complexity index is 1090. The van der Waals surface area contributed by atoms with Crippen LogP contribution < -0.4 is 18.9 Å². The maximum atomic E-state index is 11.4. The first-order valence-corrected chi connectivity index (χ1v) is 11.2. The molecule has 0 fully saturated rings. The van der Waals surface area contributed by atoms with Crippen molar-refractivity contribution >= 4 is 6.29 Å². The van der Waals surface area contributed by atoms with Gasteiger partial charge in [-0.1, -0.05) is 36.4 Å². The molecule has 3 aromatic carbocycles. The van der Waals surface area contributed by atoms with Crippen LogP contribution in [0.15, 0.2) is 66.7 Å². The zero-order chi connectivity index (χ0) is 25.8. The molecular formula is C27H30O9. The van der Waals surface area contributed by atoms with Gasteiger partial charge in [-0.05, 0) is 41.5 Å². The highest BCUT2D eigenvalue weighted by molar-refractivity contribution is 5.76. The van der Waals surface area contributed by atoms with Crippen LogP contribution in [-0.4, -0.2) is 57.0 Å². The zero-order valence-corrected chi connectivity index (χ0v) is 20.2. The molecule has 0 aliphatic heterocycles. The summed E-state index contributed by atoms with van der Waals surface area (Å²) >= 11 is 0. The molecule has 0 amide bonds. The molecule has 3 rings (SSSR count). The smallest absolute Gasteiger partial charge is 0.188 e. The van der Waals surface area contributed by atoms with Crippen molar-refractivity contribution in [2.24, 2.45) is 0 Å². The maximum absolute atomic E-state index is 11.4. The van der Waals surface area contributed by atoms with Crippen LogP contribution in [0.2, 0.25) is 0 Å². The monoisotopic (exact) mass is 498 g/mol. The minimum absolute atomic E-state index is 0.00702. The van der Waals surface area contributed by atoms with Gasteiger partial charge in [0.05, 0.1) is 6.61 Å². The number of benzene rings is 3. The van der Waals surface area contributed by atoms with Crippen LogP contribution in [0.1, 0.15) is 27.6 Å². The fourth-order valence-electron chi connectivity index (χ4n) is 3.32. The lowest BCUT2D eigenvalue weighted by molar-refractivity contribution is -0.00371. The highest BCUT2D eigenvalue weighted by atomic mass is 16.7. The number of carbonyl (C=O) groups excluding carboxylic acids is 1. The van der Waals surface area contributed by atoms with Crippen molar-refractivity contribution in [3.05, 3.63) is 83.4 Å². The van der Waals surface area contributed by atoms with E-state index in [-0.39, 0.29) is 25.9 Å². The Morgan fingerprint density at radius 1 is 0.806 bits per heavy atom. The SMILES string of the molecule is COCOc1ccc([C@@H](Oc2ccc(C=O)cc2OCc2ccccc2)[C@@H](O)CO)cc1OCOC. The largest absolute Gasteiger partial charge is 0.485 e. The van der Waals surface area contributed by atoms with Crippen LogP contribution in [0, 0.1) is 0 Å². The third-order valence-electron chi connectivity index (χ3n) is 5.09. The summed E-state index contributed by atoms with van der Waals surface area (Å²) in [6.45, 7) is -0.348.